The van der Waals surface area contributed by atoms with Crippen LogP contribution in [0.1, 0.15) is 29.8 Å². The van der Waals surface area contributed by atoms with Crippen molar-refractivity contribution in [3.8, 4) is 11.1 Å². The number of amides is 1. The van der Waals surface area contributed by atoms with Crippen molar-refractivity contribution in [2.24, 2.45) is 0 Å². The molecule has 1 aliphatic heterocycles. The number of nitrogens with one attached hydrogen (secondary N) is 1. The van der Waals surface area contributed by atoms with E-state index in [0.717, 1.165) is 48.4 Å². The second-order valence-electron chi connectivity index (χ2n) is 5.37. The summed E-state index contributed by atoms with van der Waals surface area (Å²) in [4.78, 5) is 18.5. The molecule has 1 aromatic carbocycles. The molecule has 0 atom stereocenters. The maximum Gasteiger partial charge on any atom is 0.253 e. The van der Waals surface area contributed by atoms with Gasteiger partial charge in [-0.2, -0.15) is 0 Å². The van der Waals surface area contributed by atoms with Crippen LogP contribution in [0.3, 0.4) is 0 Å². The highest BCUT2D eigenvalue weighted by Gasteiger charge is 2.17. The van der Waals surface area contributed by atoms with Crippen LogP contribution >= 0.6 is 0 Å². The molecule has 4 nitrogen and oxygen atoms in total. The summed E-state index contributed by atoms with van der Waals surface area (Å²) >= 11 is 0. The van der Waals surface area contributed by atoms with E-state index < -0.39 is 0 Å². The molecule has 23 heavy (non-hydrogen) atoms. The van der Waals surface area contributed by atoms with Crippen LogP contribution in [0.5, 0.6) is 0 Å². The number of rotatable bonds is 2. The minimum atomic E-state index is 0.116. The molecule has 3 rings (SSSR count). The first-order valence-electron chi connectivity index (χ1n) is 8.26. The van der Waals surface area contributed by atoms with E-state index in [9.17, 15) is 4.79 Å². The quantitative estimate of drug-likeness (QED) is 0.927. The van der Waals surface area contributed by atoms with Gasteiger partial charge < -0.3 is 10.2 Å². The van der Waals surface area contributed by atoms with Crippen molar-refractivity contribution in [2.45, 2.75) is 20.8 Å². The van der Waals surface area contributed by atoms with Crippen molar-refractivity contribution in [1.29, 1.82) is 0 Å². The Kier molecular flexibility index (Phi) is 6.29. The summed E-state index contributed by atoms with van der Waals surface area (Å²) in [6.45, 7) is 9.33. The minimum absolute atomic E-state index is 0.116. The monoisotopic (exact) mass is 311 g/mol. The van der Waals surface area contributed by atoms with Gasteiger partial charge in [-0.3, -0.25) is 9.78 Å². The van der Waals surface area contributed by atoms with E-state index in [1.54, 1.807) is 0 Å². The second-order valence-corrected chi connectivity index (χ2v) is 5.37. The Labute approximate surface area is 138 Å². The molecule has 122 valence electrons. The molecule has 1 amide bonds. The number of carbonyl (C=O) groups is 1. The molecule has 0 aliphatic carbocycles. The fourth-order valence-electron chi connectivity index (χ4n) is 2.57. The highest BCUT2D eigenvalue weighted by molar-refractivity contribution is 5.94. The van der Waals surface area contributed by atoms with Crippen LogP contribution in [0.2, 0.25) is 0 Å². The Hall–Kier alpha value is -2.20. The third kappa shape index (κ3) is 4.39. The smallest absolute Gasteiger partial charge is 0.253 e. The largest absolute Gasteiger partial charge is 0.336 e. The first kappa shape index (κ1) is 17.2. The van der Waals surface area contributed by atoms with E-state index in [0.29, 0.717) is 0 Å². The number of carbonyl (C=O) groups excluding carboxylic acids is 1. The summed E-state index contributed by atoms with van der Waals surface area (Å²) in [6.07, 6.45) is 3.69. The van der Waals surface area contributed by atoms with Crippen LogP contribution in [0.4, 0.5) is 0 Å². The first-order valence-corrected chi connectivity index (χ1v) is 8.26. The van der Waals surface area contributed by atoms with E-state index in [4.69, 9.17) is 0 Å². The molecule has 0 saturated carbocycles. The summed E-state index contributed by atoms with van der Waals surface area (Å²) < 4.78 is 0. The van der Waals surface area contributed by atoms with E-state index in [-0.39, 0.29) is 5.91 Å². The number of piperazine rings is 1. The minimum Gasteiger partial charge on any atom is -0.336 e. The lowest BCUT2D eigenvalue weighted by Crippen LogP contribution is -2.46. The number of aryl methyl sites for hydroxylation is 1. The molecule has 1 saturated heterocycles. The van der Waals surface area contributed by atoms with Crippen molar-refractivity contribution >= 4 is 5.91 Å². The molecule has 2 aromatic rings. The molecule has 1 aliphatic rings. The van der Waals surface area contributed by atoms with Crippen LogP contribution in [0, 0.1) is 6.92 Å². The molecule has 0 unspecified atom stereocenters. The van der Waals surface area contributed by atoms with Gasteiger partial charge in [0, 0.05) is 49.7 Å². The molecular formula is C19H25N3O. The van der Waals surface area contributed by atoms with Gasteiger partial charge in [-0.15, -0.1) is 0 Å². The topological polar surface area (TPSA) is 45.2 Å². The van der Waals surface area contributed by atoms with E-state index >= 15 is 0 Å². The number of pyridine rings is 1. The first-order chi connectivity index (χ1) is 11.2. The third-order valence-corrected chi connectivity index (χ3v) is 3.74. The molecule has 0 spiro atoms. The fourth-order valence-corrected chi connectivity index (χ4v) is 2.57. The summed E-state index contributed by atoms with van der Waals surface area (Å²) in [5, 5.41) is 3.26. The summed E-state index contributed by atoms with van der Waals surface area (Å²) in [6, 6.07) is 9.89. The van der Waals surface area contributed by atoms with Crippen LogP contribution in [0.25, 0.3) is 11.1 Å². The average molecular weight is 311 g/mol. The maximum atomic E-state index is 12.4. The van der Waals surface area contributed by atoms with Crippen LogP contribution in [0.15, 0.2) is 42.7 Å². The van der Waals surface area contributed by atoms with E-state index in [1.807, 2.05) is 62.3 Å². The van der Waals surface area contributed by atoms with Crippen molar-refractivity contribution in [1.82, 2.24) is 15.2 Å². The van der Waals surface area contributed by atoms with Gasteiger partial charge in [-0.25, -0.2) is 0 Å². The molecule has 0 radical (unpaired) electrons. The maximum absolute atomic E-state index is 12.4. The number of aromatic nitrogens is 1. The third-order valence-electron chi connectivity index (χ3n) is 3.74. The Bertz CT molecular complexity index is 631. The Morgan fingerprint density at radius 3 is 2.30 bits per heavy atom. The summed E-state index contributed by atoms with van der Waals surface area (Å²) in [5.74, 6) is 0.116. The normalized spacial score (nSPS) is 14.0. The average Bonchev–Trinajstić information content (AvgIpc) is 2.64. The zero-order valence-corrected chi connectivity index (χ0v) is 14.2. The zero-order valence-electron chi connectivity index (χ0n) is 14.2. The number of hydrogen-bond donors (Lipinski definition) is 1. The summed E-state index contributed by atoms with van der Waals surface area (Å²) in [7, 11) is 0. The lowest BCUT2D eigenvalue weighted by molar-refractivity contribution is 0.0736. The van der Waals surface area contributed by atoms with Gasteiger partial charge >= 0.3 is 0 Å². The van der Waals surface area contributed by atoms with Crippen molar-refractivity contribution in [3.05, 3.63) is 53.9 Å². The van der Waals surface area contributed by atoms with Gasteiger partial charge in [0.15, 0.2) is 0 Å². The Balaban J connectivity index is 0.000000924. The van der Waals surface area contributed by atoms with E-state index in [2.05, 4.69) is 16.4 Å². The number of nitrogens with zero attached hydrogens (tertiary/aromatic N) is 2. The zero-order chi connectivity index (χ0) is 16.7. The van der Waals surface area contributed by atoms with Crippen molar-refractivity contribution < 1.29 is 4.79 Å². The molecular weight excluding hydrogens is 286 g/mol. The van der Waals surface area contributed by atoms with Gasteiger partial charge in [-0.05, 0) is 36.2 Å². The van der Waals surface area contributed by atoms with Crippen LogP contribution in [-0.4, -0.2) is 42.0 Å². The summed E-state index contributed by atoms with van der Waals surface area (Å²) in [5.41, 5.74) is 4.05. The van der Waals surface area contributed by atoms with Crippen LogP contribution in [-0.2, 0) is 0 Å². The lowest BCUT2D eigenvalue weighted by atomic mass is 10.0. The predicted molar refractivity (Wildman–Crippen MR) is 94.5 cm³/mol. The number of benzene rings is 1. The van der Waals surface area contributed by atoms with Gasteiger partial charge in [0.1, 0.15) is 0 Å². The predicted octanol–water partition coefficient (Wildman–Crippen LogP) is 3.13. The fraction of sp³-hybridized carbons (Fsp3) is 0.368. The highest BCUT2D eigenvalue weighted by Crippen LogP contribution is 2.20. The highest BCUT2D eigenvalue weighted by atomic mass is 16.2. The standard InChI is InChI=1S/C17H19N3O.C2H6/c1-13-10-16(12-19-11-13)14-2-4-15(5-3-14)17(21)20-8-6-18-7-9-20;1-2/h2-5,10-12,18H,6-9H2,1H3;1-2H3. The number of hydrogen-bond acceptors (Lipinski definition) is 3. The second kappa shape index (κ2) is 8.44. The van der Waals surface area contributed by atoms with Crippen molar-refractivity contribution in [3.63, 3.8) is 0 Å². The van der Waals surface area contributed by atoms with Crippen molar-refractivity contribution in [2.75, 3.05) is 26.2 Å². The van der Waals surface area contributed by atoms with Gasteiger partial charge in [-0.1, -0.05) is 26.0 Å². The SMILES string of the molecule is CC.Cc1cncc(-c2ccc(C(=O)N3CCNCC3)cc2)c1. The molecule has 0 bridgehead atoms. The molecule has 1 N–H and O–H groups in total. The van der Waals surface area contributed by atoms with Gasteiger partial charge in [0.25, 0.3) is 5.91 Å². The van der Waals surface area contributed by atoms with Gasteiger partial charge in [0.05, 0.1) is 0 Å². The molecule has 1 aromatic heterocycles. The Morgan fingerprint density at radius 1 is 1.04 bits per heavy atom. The van der Waals surface area contributed by atoms with Crippen LogP contribution < -0.4 is 5.32 Å². The van der Waals surface area contributed by atoms with E-state index in [1.165, 1.54) is 0 Å². The molecule has 1 fully saturated rings. The van der Waals surface area contributed by atoms with Gasteiger partial charge in [0.2, 0.25) is 0 Å². The Morgan fingerprint density at radius 2 is 1.70 bits per heavy atom. The molecule has 4 heteroatoms. The molecule has 2 heterocycles. The lowest BCUT2D eigenvalue weighted by Gasteiger charge is -2.27.